The number of benzene rings is 1. The lowest BCUT2D eigenvalue weighted by atomic mass is 10.2. The molecule has 5 heteroatoms. The molecule has 0 spiro atoms. The molecular weight excluding hydrogens is 254 g/mol. The van der Waals surface area contributed by atoms with Crippen LogP contribution in [-0.4, -0.2) is 35.6 Å². The van der Waals surface area contributed by atoms with Gasteiger partial charge < -0.3 is 14.7 Å². The molecule has 1 aromatic rings. The van der Waals surface area contributed by atoms with Crippen molar-refractivity contribution in [1.82, 2.24) is 4.90 Å². The van der Waals surface area contributed by atoms with E-state index < -0.39 is 0 Å². The topological polar surface area (TPSA) is 49.8 Å². The molecule has 0 radical (unpaired) electrons. The number of carbonyl (C=O) groups excluding carboxylic acids is 1. The van der Waals surface area contributed by atoms with Gasteiger partial charge in [0.2, 0.25) is 0 Å². The van der Waals surface area contributed by atoms with E-state index in [1.807, 2.05) is 13.8 Å². The molecule has 1 N–H and O–H groups in total. The molecule has 4 nitrogen and oxygen atoms in total. The van der Waals surface area contributed by atoms with Gasteiger partial charge in [0.15, 0.2) is 6.61 Å². The molecule has 0 atom stereocenters. The van der Waals surface area contributed by atoms with E-state index in [4.69, 9.17) is 21.4 Å². The fourth-order valence-electron chi connectivity index (χ4n) is 1.57. The van der Waals surface area contributed by atoms with Crippen LogP contribution in [0.1, 0.15) is 19.4 Å². The summed E-state index contributed by atoms with van der Waals surface area (Å²) >= 11 is 5.98. The molecule has 0 heterocycles. The molecule has 1 amide bonds. The zero-order valence-electron chi connectivity index (χ0n) is 10.6. The van der Waals surface area contributed by atoms with Crippen molar-refractivity contribution < 1.29 is 14.6 Å². The Morgan fingerprint density at radius 2 is 2.06 bits per heavy atom. The number of aliphatic hydroxyl groups excluding tert-OH is 1. The van der Waals surface area contributed by atoms with Gasteiger partial charge in [-0.15, -0.1) is 0 Å². The Morgan fingerprint density at radius 1 is 1.39 bits per heavy atom. The number of amides is 1. The summed E-state index contributed by atoms with van der Waals surface area (Å²) in [4.78, 5) is 13.4. The monoisotopic (exact) mass is 271 g/mol. The van der Waals surface area contributed by atoms with Gasteiger partial charge in [-0.25, -0.2) is 0 Å². The van der Waals surface area contributed by atoms with Crippen molar-refractivity contribution in [2.75, 3.05) is 19.7 Å². The van der Waals surface area contributed by atoms with E-state index >= 15 is 0 Å². The average molecular weight is 272 g/mol. The summed E-state index contributed by atoms with van der Waals surface area (Å²) in [6.07, 6.45) is 0. The minimum atomic E-state index is -0.0711. The quantitative estimate of drug-likeness (QED) is 0.862. The number of likely N-dealkylation sites (N-methyl/N-ethyl adjacent to an activating group) is 1. The third kappa shape index (κ3) is 3.89. The van der Waals surface area contributed by atoms with Gasteiger partial charge in [0, 0.05) is 13.1 Å². The van der Waals surface area contributed by atoms with Gasteiger partial charge in [-0.2, -0.15) is 0 Å². The van der Waals surface area contributed by atoms with E-state index in [-0.39, 0.29) is 19.1 Å². The molecule has 0 fully saturated rings. The van der Waals surface area contributed by atoms with Crippen molar-refractivity contribution in [3.05, 3.63) is 28.8 Å². The molecule has 0 saturated carbocycles. The molecule has 100 valence electrons. The number of rotatable bonds is 6. The van der Waals surface area contributed by atoms with Crippen LogP contribution in [0.3, 0.4) is 0 Å². The van der Waals surface area contributed by atoms with E-state index in [0.29, 0.717) is 29.4 Å². The average Bonchev–Trinajstić information content (AvgIpc) is 2.38. The zero-order chi connectivity index (χ0) is 13.5. The van der Waals surface area contributed by atoms with Crippen LogP contribution in [0.2, 0.25) is 5.02 Å². The van der Waals surface area contributed by atoms with Crippen LogP contribution in [0.25, 0.3) is 0 Å². The van der Waals surface area contributed by atoms with Crippen LogP contribution < -0.4 is 4.74 Å². The molecule has 1 rings (SSSR count). The summed E-state index contributed by atoms with van der Waals surface area (Å²) in [6.45, 7) is 5.07. The second-order valence-electron chi connectivity index (χ2n) is 3.78. The standard InChI is InChI=1S/C13H18ClNO3/c1-3-15(4-2)13(17)9-18-12-6-5-10(8-16)7-11(12)14/h5-7,16H,3-4,8-9H2,1-2H3. The van der Waals surface area contributed by atoms with Crippen molar-refractivity contribution in [3.8, 4) is 5.75 Å². The predicted octanol–water partition coefficient (Wildman–Crippen LogP) is 2.08. The number of hydrogen-bond acceptors (Lipinski definition) is 3. The number of halogens is 1. The van der Waals surface area contributed by atoms with Crippen molar-refractivity contribution in [2.24, 2.45) is 0 Å². The third-order valence-electron chi connectivity index (χ3n) is 2.65. The van der Waals surface area contributed by atoms with Crippen molar-refractivity contribution in [2.45, 2.75) is 20.5 Å². The predicted molar refractivity (Wildman–Crippen MR) is 70.8 cm³/mol. The maximum Gasteiger partial charge on any atom is 0.260 e. The first-order valence-electron chi connectivity index (χ1n) is 5.92. The third-order valence-corrected chi connectivity index (χ3v) is 2.94. The summed E-state index contributed by atoms with van der Waals surface area (Å²) in [5, 5.41) is 9.34. The van der Waals surface area contributed by atoms with Gasteiger partial charge >= 0.3 is 0 Å². The van der Waals surface area contributed by atoms with Crippen LogP contribution in [0.5, 0.6) is 5.75 Å². The SMILES string of the molecule is CCN(CC)C(=O)COc1ccc(CO)cc1Cl. The molecule has 0 bridgehead atoms. The highest BCUT2D eigenvalue weighted by Gasteiger charge is 2.11. The fraction of sp³-hybridized carbons (Fsp3) is 0.462. The summed E-state index contributed by atoms with van der Waals surface area (Å²) in [5.74, 6) is 0.386. The lowest BCUT2D eigenvalue weighted by molar-refractivity contribution is -0.132. The van der Waals surface area contributed by atoms with E-state index in [9.17, 15) is 4.79 Å². The number of aliphatic hydroxyl groups is 1. The van der Waals surface area contributed by atoms with E-state index in [2.05, 4.69) is 0 Å². The Kier molecular flexibility index (Phi) is 5.95. The highest BCUT2D eigenvalue weighted by atomic mass is 35.5. The van der Waals surface area contributed by atoms with Gasteiger partial charge in [-0.3, -0.25) is 4.79 Å². The second kappa shape index (κ2) is 7.24. The molecule has 18 heavy (non-hydrogen) atoms. The Balaban J connectivity index is 2.61. The molecule has 0 aliphatic rings. The van der Waals surface area contributed by atoms with Crippen molar-refractivity contribution in [1.29, 1.82) is 0 Å². The zero-order valence-corrected chi connectivity index (χ0v) is 11.4. The molecule has 0 unspecified atom stereocenters. The number of carbonyl (C=O) groups is 1. The van der Waals surface area contributed by atoms with Crippen LogP contribution in [0, 0.1) is 0 Å². The first kappa shape index (κ1) is 14.8. The summed E-state index contributed by atoms with van der Waals surface area (Å²) in [6, 6.07) is 4.99. The molecule has 0 aliphatic heterocycles. The lowest BCUT2D eigenvalue weighted by Gasteiger charge is -2.18. The smallest absolute Gasteiger partial charge is 0.260 e. The van der Waals surface area contributed by atoms with E-state index in [1.165, 1.54) is 0 Å². The van der Waals surface area contributed by atoms with Gasteiger partial charge in [-0.1, -0.05) is 17.7 Å². The second-order valence-corrected chi connectivity index (χ2v) is 4.18. The first-order valence-corrected chi connectivity index (χ1v) is 6.30. The Morgan fingerprint density at radius 3 is 2.56 bits per heavy atom. The Hall–Kier alpha value is -1.26. The summed E-state index contributed by atoms with van der Waals surface area (Å²) < 4.78 is 5.38. The largest absolute Gasteiger partial charge is 0.482 e. The molecule has 0 aromatic heterocycles. The van der Waals surface area contributed by atoms with Gasteiger partial charge in [-0.05, 0) is 31.5 Å². The maximum absolute atomic E-state index is 11.7. The van der Waals surface area contributed by atoms with Crippen LogP contribution >= 0.6 is 11.6 Å². The van der Waals surface area contributed by atoms with Gasteiger partial charge in [0.25, 0.3) is 5.91 Å². The van der Waals surface area contributed by atoms with Crippen LogP contribution in [0.4, 0.5) is 0 Å². The summed E-state index contributed by atoms with van der Waals surface area (Å²) in [5.41, 5.74) is 0.711. The highest BCUT2D eigenvalue weighted by molar-refractivity contribution is 6.32. The molecule has 0 saturated heterocycles. The normalized spacial score (nSPS) is 10.2. The van der Waals surface area contributed by atoms with E-state index in [0.717, 1.165) is 0 Å². The summed E-state index contributed by atoms with van der Waals surface area (Å²) in [7, 11) is 0. The Bertz CT molecular complexity index is 405. The lowest BCUT2D eigenvalue weighted by Crippen LogP contribution is -2.34. The molecular formula is C13H18ClNO3. The fourth-order valence-corrected chi connectivity index (χ4v) is 1.82. The Labute approximate surface area is 112 Å². The molecule has 1 aromatic carbocycles. The van der Waals surface area contributed by atoms with Crippen molar-refractivity contribution >= 4 is 17.5 Å². The minimum absolute atomic E-state index is 0.0279. The highest BCUT2D eigenvalue weighted by Crippen LogP contribution is 2.25. The number of nitrogens with zero attached hydrogens (tertiary/aromatic N) is 1. The van der Waals surface area contributed by atoms with E-state index in [1.54, 1.807) is 23.1 Å². The maximum atomic E-state index is 11.7. The van der Waals surface area contributed by atoms with Crippen LogP contribution in [0.15, 0.2) is 18.2 Å². The first-order chi connectivity index (χ1) is 8.62. The molecule has 0 aliphatic carbocycles. The van der Waals surface area contributed by atoms with Gasteiger partial charge in [0.1, 0.15) is 5.75 Å². The number of hydrogen-bond donors (Lipinski definition) is 1. The minimum Gasteiger partial charge on any atom is -0.482 e. The van der Waals surface area contributed by atoms with Crippen LogP contribution in [-0.2, 0) is 11.4 Å². The van der Waals surface area contributed by atoms with Crippen molar-refractivity contribution in [3.63, 3.8) is 0 Å². The number of ether oxygens (including phenoxy) is 1. The van der Waals surface area contributed by atoms with Gasteiger partial charge in [0.05, 0.1) is 11.6 Å².